The monoisotopic (exact) mass is 279 g/mol. The maximum Gasteiger partial charge on any atom is 0.251 e. The summed E-state index contributed by atoms with van der Waals surface area (Å²) < 4.78 is 5.49. The van der Waals surface area contributed by atoms with Gasteiger partial charge in [-0.1, -0.05) is 26.8 Å². The molecule has 0 aliphatic rings. The number of hydrogen-bond donors (Lipinski definition) is 2. The Kier molecular flexibility index (Phi) is 7.09. The van der Waals surface area contributed by atoms with E-state index in [0.29, 0.717) is 30.3 Å². The number of benzene rings is 1. The number of carbonyl (C=O) groups excluding carboxylic acids is 1. The Balaban J connectivity index is 2.50. The van der Waals surface area contributed by atoms with Crippen LogP contribution in [0.15, 0.2) is 24.3 Å². The molecule has 4 heteroatoms. The molecule has 0 heterocycles. The van der Waals surface area contributed by atoms with Crippen LogP contribution in [0, 0.1) is 5.92 Å². The van der Waals surface area contributed by atoms with Gasteiger partial charge in [0.05, 0.1) is 12.7 Å². The van der Waals surface area contributed by atoms with Gasteiger partial charge in [-0.2, -0.15) is 0 Å². The third kappa shape index (κ3) is 6.06. The lowest BCUT2D eigenvalue weighted by Gasteiger charge is -2.14. The van der Waals surface area contributed by atoms with Crippen LogP contribution in [0.2, 0.25) is 0 Å². The molecule has 0 saturated carbocycles. The zero-order valence-electron chi connectivity index (χ0n) is 12.6. The van der Waals surface area contributed by atoms with Crippen molar-refractivity contribution < 1.29 is 14.6 Å². The van der Waals surface area contributed by atoms with Gasteiger partial charge in [0.15, 0.2) is 0 Å². The fraction of sp³-hybridized carbons (Fsp3) is 0.562. The zero-order valence-corrected chi connectivity index (χ0v) is 12.6. The number of rotatable bonds is 8. The maximum atomic E-state index is 12.0. The molecule has 0 aliphatic heterocycles. The lowest BCUT2D eigenvalue weighted by atomic mass is 10.1. The van der Waals surface area contributed by atoms with Crippen LogP contribution in [0.25, 0.3) is 0 Å². The first kappa shape index (κ1) is 16.5. The van der Waals surface area contributed by atoms with Crippen molar-refractivity contribution in [2.45, 2.75) is 39.7 Å². The second-order valence-corrected chi connectivity index (χ2v) is 5.37. The highest BCUT2D eigenvalue weighted by Gasteiger charge is 2.11. The van der Waals surface area contributed by atoms with Gasteiger partial charge in [-0.05, 0) is 37.0 Å². The van der Waals surface area contributed by atoms with Crippen molar-refractivity contribution in [2.24, 2.45) is 5.92 Å². The molecule has 1 aromatic rings. The summed E-state index contributed by atoms with van der Waals surface area (Å²) in [5.74, 6) is 0.921. The van der Waals surface area contributed by atoms with Crippen molar-refractivity contribution in [2.75, 3.05) is 13.2 Å². The molecule has 1 unspecified atom stereocenters. The second kappa shape index (κ2) is 8.59. The molecular weight excluding hydrogens is 254 g/mol. The first-order valence-electron chi connectivity index (χ1n) is 7.22. The summed E-state index contributed by atoms with van der Waals surface area (Å²) >= 11 is 0. The number of hydrogen-bond acceptors (Lipinski definition) is 3. The van der Waals surface area contributed by atoms with Crippen LogP contribution in [0.5, 0.6) is 5.75 Å². The van der Waals surface area contributed by atoms with E-state index in [1.807, 2.05) is 26.8 Å². The average molecular weight is 279 g/mol. The Morgan fingerprint density at radius 1 is 1.40 bits per heavy atom. The van der Waals surface area contributed by atoms with Gasteiger partial charge in [0.2, 0.25) is 0 Å². The normalized spacial score (nSPS) is 12.2. The predicted molar refractivity (Wildman–Crippen MR) is 80.0 cm³/mol. The molecule has 1 aromatic carbocycles. The van der Waals surface area contributed by atoms with Crippen LogP contribution in [0.3, 0.4) is 0 Å². The van der Waals surface area contributed by atoms with E-state index in [0.717, 1.165) is 6.42 Å². The lowest BCUT2D eigenvalue weighted by Crippen LogP contribution is -2.32. The first-order valence-corrected chi connectivity index (χ1v) is 7.22. The van der Waals surface area contributed by atoms with E-state index in [9.17, 15) is 9.90 Å². The van der Waals surface area contributed by atoms with Crippen molar-refractivity contribution in [1.29, 1.82) is 0 Å². The number of aliphatic hydroxyl groups is 1. The highest BCUT2D eigenvalue weighted by molar-refractivity contribution is 5.94. The van der Waals surface area contributed by atoms with Crippen molar-refractivity contribution >= 4 is 5.91 Å². The number of ether oxygens (including phenoxy) is 1. The highest BCUT2D eigenvalue weighted by atomic mass is 16.5. The summed E-state index contributed by atoms with van der Waals surface area (Å²) in [6.45, 7) is 7.03. The standard InChI is InChI=1S/C16H25NO3/c1-4-8-20-15-7-5-6-13(10-15)16(19)17-11-14(18)9-12(2)3/h5-7,10,12,14,18H,4,8-9,11H2,1-3H3,(H,17,19). The fourth-order valence-electron chi connectivity index (χ4n) is 1.89. The highest BCUT2D eigenvalue weighted by Crippen LogP contribution is 2.13. The summed E-state index contributed by atoms with van der Waals surface area (Å²) in [6, 6.07) is 7.09. The molecule has 0 bridgehead atoms. The Hall–Kier alpha value is -1.55. The van der Waals surface area contributed by atoms with E-state index in [-0.39, 0.29) is 12.5 Å². The molecule has 0 aromatic heterocycles. The van der Waals surface area contributed by atoms with Crippen molar-refractivity contribution in [1.82, 2.24) is 5.32 Å². The number of carbonyl (C=O) groups is 1. The van der Waals surface area contributed by atoms with Crippen LogP contribution >= 0.6 is 0 Å². The molecule has 4 nitrogen and oxygen atoms in total. The fourth-order valence-corrected chi connectivity index (χ4v) is 1.89. The molecule has 0 saturated heterocycles. The second-order valence-electron chi connectivity index (χ2n) is 5.37. The summed E-state index contributed by atoms with van der Waals surface area (Å²) in [5.41, 5.74) is 0.551. The number of amides is 1. The van der Waals surface area contributed by atoms with Gasteiger partial charge in [-0.15, -0.1) is 0 Å². The molecule has 20 heavy (non-hydrogen) atoms. The smallest absolute Gasteiger partial charge is 0.251 e. The van der Waals surface area contributed by atoms with Gasteiger partial charge in [0.25, 0.3) is 5.91 Å². The van der Waals surface area contributed by atoms with Crippen LogP contribution < -0.4 is 10.1 Å². The molecular formula is C16H25NO3. The summed E-state index contributed by atoms with van der Waals surface area (Å²) in [5, 5.41) is 12.5. The minimum atomic E-state index is -0.501. The molecule has 0 fully saturated rings. The largest absolute Gasteiger partial charge is 0.494 e. The Morgan fingerprint density at radius 3 is 2.80 bits per heavy atom. The van der Waals surface area contributed by atoms with E-state index >= 15 is 0 Å². The third-order valence-electron chi connectivity index (χ3n) is 2.81. The van der Waals surface area contributed by atoms with Gasteiger partial charge in [-0.25, -0.2) is 0 Å². The molecule has 0 aliphatic carbocycles. The topological polar surface area (TPSA) is 58.6 Å². The van der Waals surface area contributed by atoms with Crippen LogP contribution in [-0.2, 0) is 0 Å². The van der Waals surface area contributed by atoms with Gasteiger partial charge >= 0.3 is 0 Å². The number of nitrogens with one attached hydrogen (secondary N) is 1. The van der Waals surface area contributed by atoms with Crippen LogP contribution in [0.4, 0.5) is 0 Å². The minimum Gasteiger partial charge on any atom is -0.494 e. The first-order chi connectivity index (χ1) is 9.52. The summed E-state index contributed by atoms with van der Waals surface area (Å²) in [4.78, 5) is 12.0. The minimum absolute atomic E-state index is 0.185. The molecule has 112 valence electrons. The van der Waals surface area contributed by atoms with E-state index in [1.165, 1.54) is 0 Å². The van der Waals surface area contributed by atoms with Crippen LogP contribution in [0.1, 0.15) is 44.0 Å². The number of aliphatic hydroxyl groups excluding tert-OH is 1. The van der Waals surface area contributed by atoms with E-state index < -0.39 is 6.10 Å². The zero-order chi connectivity index (χ0) is 15.0. The van der Waals surface area contributed by atoms with Gasteiger partial charge in [0, 0.05) is 12.1 Å². The van der Waals surface area contributed by atoms with E-state index in [4.69, 9.17) is 4.74 Å². The van der Waals surface area contributed by atoms with Crippen molar-refractivity contribution in [3.8, 4) is 5.75 Å². The van der Waals surface area contributed by atoms with Gasteiger partial charge < -0.3 is 15.2 Å². The molecule has 0 radical (unpaired) electrons. The van der Waals surface area contributed by atoms with Crippen molar-refractivity contribution in [3.05, 3.63) is 29.8 Å². The Morgan fingerprint density at radius 2 is 2.15 bits per heavy atom. The molecule has 1 amide bonds. The lowest BCUT2D eigenvalue weighted by molar-refractivity contribution is 0.0900. The van der Waals surface area contributed by atoms with E-state index in [2.05, 4.69) is 5.32 Å². The Bertz CT molecular complexity index is 418. The molecule has 1 rings (SSSR count). The van der Waals surface area contributed by atoms with Crippen molar-refractivity contribution in [3.63, 3.8) is 0 Å². The van der Waals surface area contributed by atoms with Gasteiger partial charge in [0.1, 0.15) is 5.75 Å². The predicted octanol–water partition coefficient (Wildman–Crippen LogP) is 2.61. The summed E-state index contributed by atoms with van der Waals surface area (Å²) in [6.07, 6.45) is 1.11. The molecule has 2 N–H and O–H groups in total. The summed E-state index contributed by atoms with van der Waals surface area (Å²) in [7, 11) is 0. The quantitative estimate of drug-likeness (QED) is 0.769. The maximum absolute atomic E-state index is 12.0. The van der Waals surface area contributed by atoms with E-state index in [1.54, 1.807) is 18.2 Å². The SMILES string of the molecule is CCCOc1cccc(C(=O)NCC(O)CC(C)C)c1. The van der Waals surface area contributed by atoms with Gasteiger partial charge in [-0.3, -0.25) is 4.79 Å². The Labute approximate surface area is 121 Å². The average Bonchev–Trinajstić information content (AvgIpc) is 2.42. The third-order valence-corrected chi connectivity index (χ3v) is 2.81. The van der Waals surface area contributed by atoms with Crippen LogP contribution in [-0.4, -0.2) is 30.3 Å². The molecule has 1 atom stereocenters. The molecule has 0 spiro atoms.